The van der Waals surface area contributed by atoms with E-state index in [4.69, 9.17) is 4.74 Å². The van der Waals surface area contributed by atoms with Gasteiger partial charge in [-0.15, -0.1) is 0 Å². The van der Waals surface area contributed by atoms with E-state index < -0.39 is 0 Å². The van der Waals surface area contributed by atoms with E-state index in [1.54, 1.807) is 7.11 Å². The standard InChI is InChI=1S/C15H28N4O/c1-5-7-9-19(10-8-6-2)15-11-13(16-3)17-14(18-15)12-20-4/h11H,5-10,12H2,1-4H3,(H,16,17,18). The van der Waals surface area contributed by atoms with Gasteiger partial charge in [0.05, 0.1) is 0 Å². The summed E-state index contributed by atoms with van der Waals surface area (Å²) in [6.45, 7) is 6.96. The van der Waals surface area contributed by atoms with E-state index in [9.17, 15) is 0 Å². The topological polar surface area (TPSA) is 50.3 Å². The van der Waals surface area contributed by atoms with Crippen molar-refractivity contribution >= 4 is 11.6 Å². The summed E-state index contributed by atoms with van der Waals surface area (Å²) in [6, 6.07) is 2.02. The third kappa shape index (κ3) is 5.33. The number of hydrogen-bond donors (Lipinski definition) is 1. The van der Waals surface area contributed by atoms with Crippen LogP contribution in [0.15, 0.2) is 6.07 Å². The first-order valence-electron chi connectivity index (χ1n) is 7.54. The molecule has 0 amide bonds. The van der Waals surface area contributed by atoms with Gasteiger partial charge >= 0.3 is 0 Å². The van der Waals surface area contributed by atoms with E-state index in [2.05, 4.69) is 34.0 Å². The lowest BCUT2D eigenvalue weighted by Gasteiger charge is -2.24. The van der Waals surface area contributed by atoms with Crippen molar-refractivity contribution in [3.05, 3.63) is 11.9 Å². The van der Waals surface area contributed by atoms with Gasteiger partial charge in [-0.05, 0) is 12.8 Å². The molecule has 0 unspecified atom stereocenters. The Morgan fingerprint density at radius 2 is 1.80 bits per heavy atom. The van der Waals surface area contributed by atoms with Gasteiger partial charge in [-0.3, -0.25) is 0 Å². The van der Waals surface area contributed by atoms with E-state index in [0.29, 0.717) is 6.61 Å². The zero-order chi connectivity index (χ0) is 14.8. The quantitative estimate of drug-likeness (QED) is 0.714. The van der Waals surface area contributed by atoms with Gasteiger partial charge in [-0.25, -0.2) is 9.97 Å². The summed E-state index contributed by atoms with van der Waals surface area (Å²) in [7, 11) is 3.55. The second-order valence-electron chi connectivity index (χ2n) is 4.90. The van der Waals surface area contributed by atoms with Crippen LogP contribution >= 0.6 is 0 Å². The highest BCUT2D eigenvalue weighted by atomic mass is 16.5. The molecule has 1 aromatic heterocycles. The van der Waals surface area contributed by atoms with Crippen LogP contribution in [-0.2, 0) is 11.3 Å². The largest absolute Gasteiger partial charge is 0.377 e. The molecular weight excluding hydrogens is 252 g/mol. The van der Waals surface area contributed by atoms with E-state index in [0.717, 1.165) is 30.5 Å². The molecule has 0 aliphatic carbocycles. The molecule has 0 bridgehead atoms. The summed E-state index contributed by atoms with van der Waals surface area (Å²) < 4.78 is 5.15. The van der Waals surface area contributed by atoms with E-state index in [1.165, 1.54) is 25.7 Å². The minimum Gasteiger partial charge on any atom is -0.377 e. The second kappa shape index (κ2) is 9.53. The molecule has 0 spiro atoms. The highest BCUT2D eigenvalue weighted by molar-refractivity contribution is 5.49. The third-order valence-electron chi connectivity index (χ3n) is 3.18. The monoisotopic (exact) mass is 280 g/mol. The number of methoxy groups -OCH3 is 1. The molecule has 0 fully saturated rings. The summed E-state index contributed by atoms with van der Waals surface area (Å²) in [5.41, 5.74) is 0. The van der Waals surface area contributed by atoms with E-state index in [-0.39, 0.29) is 0 Å². The normalized spacial score (nSPS) is 10.6. The minimum absolute atomic E-state index is 0.442. The van der Waals surface area contributed by atoms with Crippen molar-refractivity contribution in [2.24, 2.45) is 0 Å². The van der Waals surface area contributed by atoms with Gasteiger partial charge < -0.3 is 15.0 Å². The number of aromatic nitrogens is 2. The molecule has 1 N–H and O–H groups in total. The maximum atomic E-state index is 5.15. The molecule has 114 valence electrons. The van der Waals surface area contributed by atoms with E-state index >= 15 is 0 Å². The lowest BCUT2D eigenvalue weighted by Crippen LogP contribution is -2.27. The Morgan fingerprint density at radius 3 is 2.30 bits per heavy atom. The number of nitrogens with one attached hydrogen (secondary N) is 1. The molecule has 0 saturated carbocycles. The van der Waals surface area contributed by atoms with Gasteiger partial charge in [0.15, 0.2) is 5.82 Å². The number of ether oxygens (including phenoxy) is 1. The Morgan fingerprint density at radius 1 is 1.15 bits per heavy atom. The molecule has 0 saturated heterocycles. The predicted octanol–water partition coefficient (Wildman–Crippen LogP) is 3.07. The van der Waals surface area contributed by atoms with Crippen LogP contribution < -0.4 is 10.2 Å². The molecule has 0 aromatic carbocycles. The number of unbranched alkanes of at least 4 members (excludes halogenated alkanes) is 2. The van der Waals surface area contributed by atoms with Crippen LogP contribution in [-0.4, -0.2) is 37.2 Å². The predicted molar refractivity (Wildman–Crippen MR) is 84.3 cm³/mol. The molecule has 5 heteroatoms. The van der Waals surface area contributed by atoms with E-state index in [1.807, 2.05) is 13.1 Å². The average molecular weight is 280 g/mol. The Hall–Kier alpha value is -1.36. The lowest BCUT2D eigenvalue weighted by molar-refractivity contribution is 0.178. The SMILES string of the molecule is CCCCN(CCCC)c1cc(NC)nc(COC)n1. The van der Waals surface area contributed by atoms with Gasteiger partial charge in [-0.1, -0.05) is 26.7 Å². The Balaban J connectivity index is 2.93. The fraction of sp³-hybridized carbons (Fsp3) is 0.733. The molecule has 1 aromatic rings. The van der Waals surface area contributed by atoms with Crippen LogP contribution in [0.2, 0.25) is 0 Å². The highest BCUT2D eigenvalue weighted by Gasteiger charge is 2.11. The maximum Gasteiger partial charge on any atom is 0.158 e. The number of nitrogens with zero attached hydrogens (tertiary/aromatic N) is 3. The fourth-order valence-electron chi connectivity index (χ4n) is 2.01. The number of rotatable bonds is 10. The summed E-state index contributed by atoms with van der Waals surface area (Å²) >= 11 is 0. The molecule has 0 radical (unpaired) electrons. The molecule has 0 aliphatic rings. The lowest BCUT2D eigenvalue weighted by atomic mass is 10.2. The van der Waals surface area contributed by atoms with Crippen molar-refractivity contribution in [2.45, 2.75) is 46.1 Å². The van der Waals surface area contributed by atoms with Gasteiger partial charge in [0.2, 0.25) is 0 Å². The zero-order valence-corrected chi connectivity index (χ0v) is 13.3. The second-order valence-corrected chi connectivity index (χ2v) is 4.90. The van der Waals surface area contributed by atoms with Crippen LogP contribution in [0.1, 0.15) is 45.4 Å². The molecule has 0 atom stereocenters. The van der Waals surface area contributed by atoms with Crippen molar-refractivity contribution in [1.82, 2.24) is 9.97 Å². The minimum atomic E-state index is 0.442. The van der Waals surface area contributed by atoms with Crippen LogP contribution in [0.3, 0.4) is 0 Å². The van der Waals surface area contributed by atoms with Crippen LogP contribution in [0.5, 0.6) is 0 Å². The number of hydrogen-bond acceptors (Lipinski definition) is 5. The Bertz CT molecular complexity index is 376. The van der Waals surface area contributed by atoms with Gasteiger partial charge in [-0.2, -0.15) is 0 Å². The highest BCUT2D eigenvalue weighted by Crippen LogP contribution is 2.17. The van der Waals surface area contributed by atoms with Crippen molar-refractivity contribution in [2.75, 3.05) is 37.5 Å². The summed E-state index contributed by atoms with van der Waals surface area (Å²) in [5.74, 6) is 2.57. The molecular formula is C15H28N4O. The zero-order valence-electron chi connectivity index (χ0n) is 13.3. The summed E-state index contributed by atoms with van der Waals surface area (Å²) in [6.07, 6.45) is 4.75. The summed E-state index contributed by atoms with van der Waals surface area (Å²) in [5, 5.41) is 3.10. The maximum absolute atomic E-state index is 5.15. The molecule has 1 heterocycles. The average Bonchev–Trinajstić information content (AvgIpc) is 2.47. The Kier molecular flexibility index (Phi) is 7.95. The Labute approximate surface area is 122 Å². The first-order chi connectivity index (χ1) is 9.74. The first kappa shape index (κ1) is 16.7. The van der Waals surface area contributed by atoms with Crippen molar-refractivity contribution in [1.29, 1.82) is 0 Å². The summed E-state index contributed by atoms with van der Waals surface area (Å²) in [4.78, 5) is 11.4. The van der Waals surface area contributed by atoms with Crippen LogP contribution in [0.25, 0.3) is 0 Å². The third-order valence-corrected chi connectivity index (χ3v) is 3.18. The molecule has 5 nitrogen and oxygen atoms in total. The van der Waals surface area contributed by atoms with Gasteiger partial charge in [0, 0.05) is 33.3 Å². The fourth-order valence-corrected chi connectivity index (χ4v) is 2.01. The van der Waals surface area contributed by atoms with Gasteiger partial charge in [0.1, 0.15) is 18.2 Å². The van der Waals surface area contributed by atoms with Gasteiger partial charge in [0.25, 0.3) is 0 Å². The van der Waals surface area contributed by atoms with Crippen LogP contribution in [0, 0.1) is 0 Å². The van der Waals surface area contributed by atoms with Crippen molar-refractivity contribution < 1.29 is 4.74 Å². The van der Waals surface area contributed by atoms with Crippen molar-refractivity contribution in [3.63, 3.8) is 0 Å². The first-order valence-corrected chi connectivity index (χ1v) is 7.54. The number of anilines is 2. The van der Waals surface area contributed by atoms with Crippen LogP contribution in [0.4, 0.5) is 11.6 Å². The van der Waals surface area contributed by atoms with Crippen molar-refractivity contribution in [3.8, 4) is 0 Å². The molecule has 20 heavy (non-hydrogen) atoms. The smallest absolute Gasteiger partial charge is 0.158 e. The molecule has 1 rings (SSSR count). The molecule has 0 aliphatic heterocycles.